The van der Waals surface area contributed by atoms with Gasteiger partial charge in [-0.15, -0.1) is 0 Å². The van der Waals surface area contributed by atoms with Crippen LogP contribution in [0, 0.1) is 5.92 Å². The van der Waals surface area contributed by atoms with Gasteiger partial charge in [-0.2, -0.15) is 0 Å². The lowest BCUT2D eigenvalue weighted by atomic mass is 9.91. The van der Waals surface area contributed by atoms with E-state index >= 15 is 0 Å². The highest BCUT2D eigenvalue weighted by atomic mass is 15.0. The summed E-state index contributed by atoms with van der Waals surface area (Å²) in [5, 5.41) is 0. The Kier molecular flexibility index (Phi) is 3.33. The van der Waals surface area contributed by atoms with Crippen LogP contribution in [0.1, 0.15) is 44.9 Å². The third kappa shape index (κ3) is 2.46. The van der Waals surface area contributed by atoms with E-state index in [-0.39, 0.29) is 5.54 Å². The Bertz CT molecular complexity index is 345. The maximum absolute atomic E-state index is 6.45. The Balaban J connectivity index is 1.88. The fourth-order valence-electron chi connectivity index (χ4n) is 2.84. The van der Waals surface area contributed by atoms with Crippen LogP contribution >= 0.6 is 0 Å². The molecule has 16 heavy (non-hydrogen) atoms. The maximum Gasteiger partial charge on any atom is 0.108 e. The number of aryl methyl sites for hydroxylation is 2. The van der Waals surface area contributed by atoms with Crippen LogP contribution in [0.2, 0.25) is 0 Å². The molecule has 0 aliphatic heterocycles. The van der Waals surface area contributed by atoms with Crippen molar-refractivity contribution in [3.05, 3.63) is 18.2 Å². The predicted molar refractivity (Wildman–Crippen MR) is 66.1 cm³/mol. The van der Waals surface area contributed by atoms with E-state index in [1.807, 2.05) is 12.4 Å². The van der Waals surface area contributed by atoms with Crippen LogP contribution in [0.15, 0.2) is 12.4 Å². The molecular weight excluding hydrogens is 198 g/mol. The summed E-state index contributed by atoms with van der Waals surface area (Å²) in [6.07, 6.45) is 10.9. The largest absolute Gasteiger partial charge is 0.338 e. The van der Waals surface area contributed by atoms with Gasteiger partial charge in [-0.05, 0) is 31.6 Å². The van der Waals surface area contributed by atoms with Gasteiger partial charge in [0.2, 0.25) is 0 Å². The SMILES string of the molecule is CCC1CCC(N)(CCc2nccn2C)C1. The monoisotopic (exact) mass is 221 g/mol. The van der Waals surface area contributed by atoms with Gasteiger partial charge in [0.05, 0.1) is 0 Å². The van der Waals surface area contributed by atoms with E-state index in [1.54, 1.807) is 0 Å². The topological polar surface area (TPSA) is 43.8 Å². The Labute approximate surface area is 98.1 Å². The van der Waals surface area contributed by atoms with Gasteiger partial charge < -0.3 is 10.3 Å². The molecule has 0 amide bonds. The minimum atomic E-state index is 0.0760. The summed E-state index contributed by atoms with van der Waals surface area (Å²) in [7, 11) is 2.05. The molecule has 3 nitrogen and oxygen atoms in total. The van der Waals surface area contributed by atoms with Crippen molar-refractivity contribution in [3.8, 4) is 0 Å². The second-order valence-corrected chi connectivity index (χ2v) is 5.33. The van der Waals surface area contributed by atoms with Crippen molar-refractivity contribution in [1.29, 1.82) is 0 Å². The lowest BCUT2D eigenvalue weighted by Crippen LogP contribution is -2.37. The molecule has 0 radical (unpaired) electrons. The van der Waals surface area contributed by atoms with Gasteiger partial charge in [-0.1, -0.05) is 13.3 Å². The molecule has 1 saturated carbocycles. The first kappa shape index (κ1) is 11.6. The minimum absolute atomic E-state index is 0.0760. The molecule has 0 saturated heterocycles. The number of hydrogen-bond donors (Lipinski definition) is 1. The van der Waals surface area contributed by atoms with Crippen LogP contribution in [0.25, 0.3) is 0 Å². The van der Waals surface area contributed by atoms with Crippen molar-refractivity contribution < 1.29 is 0 Å². The average Bonchev–Trinajstić information content (AvgIpc) is 2.83. The zero-order valence-corrected chi connectivity index (χ0v) is 10.4. The van der Waals surface area contributed by atoms with Crippen molar-refractivity contribution in [3.63, 3.8) is 0 Å². The van der Waals surface area contributed by atoms with Crippen LogP contribution in [-0.2, 0) is 13.5 Å². The molecule has 1 fully saturated rings. The van der Waals surface area contributed by atoms with Gasteiger partial charge in [0.25, 0.3) is 0 Å². The molecule has 0 aromatic carbocycles. The molecule has 2 N–H and O–H groups in total. The van der Waals surface area contributed by atoms with Gasteiger partial charge in [-0.25, -0.2) is 4.98 Å². The molecular formula is C13H23N3. The van der Waals surface area contributed by atoms with E-state index in [0.717, 1.165) is 24.6 Å². The van der Waals surface area contributed by atoms with Crippen LogP contribution in [0.4, 0.5) is 0 Å². The summed E-state index contributed by atoms with van der Waals surface area (Å²) in [5.74, 6) is 2.01. The lowest BCUT2D eigenvalue weighted by molar-refractivity contribution is 0.378. The summed E-state index contributed by atoms with van der Waals surface area (Å²) in [5.41, 5.74) is 6.53. The molecule has 3 heteroatoms. The van der Waals surface area contributed by atoms with E-state index in [9.17, 15) is 0 Å². The highest BCUT2D eigenvalue weighted by molar-refractivity contribution is 4.98. The number of aromatic nitrogens is 2. The average molecular weight is 221 g/mol. The van der Waals surface area contributed by atoms with E-state index in [4.69, 9.17) is 5.73 Å². The standard InChI is InChI=1S/C13H23N3/c1-3-11-4-6-13(14,10-11)7-5-12-15-8-9-16(12)2/h8-9,11H,3-7,10,14H2,1-2H3. The second-order valence-electron chi connectivity index (χ2n) is 5.33. The lowest BCUT2D eigenvalue weighted by Gasteiger charge is -2.24. The number of nitrogens with two attached hydrogens (primary N) is 1. The Hall–Kier alpha value is -0.830. The van der Waals surface area contributed by atoms with Crippen LogP contribution < -0.4 is 5.73 Å². The van der Waals surface area contributed by atoms with Crippen LogP contribution in [-0.4, -0.2) is 15.1 Å². The zero-order valence-electron chi connectivity index (χ0n) is 10.4. The van der Waals surface area contributed by atoms with Crippen molar-refractivity contribution in [1.82, 2.24) is 9.55 Å². The number of hydrogen-bond acceptors (Lipinski definition) is 2. The van der Waals surface area contributed by atoms with Gasteiger partial charge >= 0.3 is 0 Å². The van der Waals surface area contributed by atoms with Gasteiger partial charge in [0.15, 0.2) is 0 Å². The third-order valence-electron chi connectivity index (χ3n) is 4.09. The Morgan fingerprint density at radius 3 is 3.00 bits per heavy atom. The fourth-order valence-corrected chi connectivity index (χ4v) is 2.84. The first-order valence-electron chi connectivity index (χ1n) is 6.38. The highest BCUT2D eigenvalue weighted by Gasteiger charge is 2.34. The number of nitrogens with zero attached hydrogens (tertiary/aromatic N) is 2. The summed E-state index contributed by atoms with van der Waals surface area (Å²) in [6, 6.07) is 0. The normalized spacial score (nSPS) is 29.8. The maximum atomic E-state index is 6.45. The van der Waals surface area contributed by atoms with E-state index in [1.165, 1.54) is 25.7 Å². The van der Waals surface area contributed by atoms with Gasteiger partial charge in [0.1, 0.15) is 5.82 Å². The zero-order chi connectivity index (χ0) is 11.6. The first-order valence-corrected chi connectivity index (χ1v) is 6.38. The van der Waals surface area contributed by atoms with Crippen molar-refractivity contribution in [2.45, 2.75) is 51.0 Å². The third-order valence-corrected chi connectivity index (χ3v) is 4.09. The molecule has 2 unspecified atom stereocenters. The first-order chi connectivity index (χ1) is 7.63. The summed E-state index contributed by atoms with van der Waals surface area (Å²) < 4.78 is 2.09. The fraction of sp³-hybridized carbons (Fsp3) is 0.769. The molecule has 90 valence electrons. The van der Waals surface area contributed by atoms with Gasteiger partial charge in [0, 0.05) is 31.4 Å². The molecule has 1 aliphatic rings. The molecule has 1 aromatic heterocycles. The smallest absolute Gasteiger partial charge is 0.108 e. The molecule has 0 bridgehead atoms. The molecule has 1 heterocycles. The number of rotatable bonds is 4. The quantitative estimate of drug-likeness (QED) is 0.847. The van der Waals surface area contributed by atoms with E-state index in [2.05, 4.69) is 23.5 Å². The highest BCUT2D eigenvalue weighted by Crippen LogP contribution is 2.37. The second kappa shape index (κ2) is 4.58. The Morgan fingerprint density at radius 2 is 2.44 bits per heavy atom. The summed E-state index contributed by atoms with van der Waals surface area (Å²) >= 11 is 0. The summed E-state index contributed by atoms with van der Waals surface area (Å²) in [4.78, 5) is 4.35. The van der Waals surface area contributed by atoms with Crippen LogP contribution in [0.3, 0.4) is 0 Å². The molecule has 1 aromatic rings. The van der Waals surface area contributed by atoms with E-state index < -0.39 is 0 Å². The van der Waals surface area contributed by atoms with Crippen molar-refractivity contribution in [2.75, 3.05) is 0 Å². The molecule has 2 rings (SSSR count). The van der Waals surface area contributed by atoms with Crippen LogP contribution in [0.5, 0.6) is 0 Å². The molecule has 1 aliphatic carbocycles. The molecule has 0 spiro atoms. The summed E-state index contributed by atoms with van der Waals surface area (Å²) in [6.45, 7) is 2.27. The van der Waals surface area contributed by atoms with Crippen molar-refractivity contribution in [2.24, 2.45) is 18.7 Å². The minimum Gasteiger partial charge on any atom is -0.338 e. The predicted octanol–water partition coefficient (Wildman–Crippen LogP) is 2.26. The number of imidazole rings is 1. The van der Waals surface area contributed by atoms with Gasteiger partial charge in [-0.3, -0.25) is 0 Å². The van der Waals surface area contributed by atoms with E-state index in [0.29, 0.717) is 0 Å². The van der Waals surface area contributed by atoms with Crippen molar-refractivity contribution >= 4 is 0 Å². The Morgan fingerprint density at radius 1 is 1.62 bits per heavy atom. The molecule has 2 atom stereocenters.